The fourth-order valence-corrected chi connectivity index (χ4v) is 4.43. The van der Waals surface area contributed by atoms with Crippen LogP contribution in [0.25, 0.3) is 0 Å². The van der Waals surface area contributed by atoms with Crippen molar-refractivity contribution in [1.29, 1.82) is 0 Å². The average molecular weight is 407 g/mol. The number of carbonyl (C=O) groups is 1. The van der Waals surface area contributed by atoms with E-state index in [0.717, 1.165) is 22.3 Å². The number of para-hydroxylation sites is 1. The smallest absolute Gasteiger partial charge is 0.251 e. The third-order valence-corrected chi connectivity index (χ3v) is 5.98. The van der Waals surface area contributed by atoms with Crippen molar-refractivity contribution in [3.8, 4) is 5.75 Å². The first-order valence-corrected chi connectivity index (χ1v) is 10.6. The van der Waals surface area contributed by atoms with Crippen LogP contribution < -0.4 is 11.1 Å². The molecular weight excluding hydrogens is 380 g/mol. The maximum absolute atomic E-state index is 12.4. The zero-order valence-corrected chi connectivity index (χ0v) is 17.5. The second-order valence-corrected chi connectivity index (χ2v) is 8.28. The van der Waals surface area contributed by atoms with E-state index in [2.05, 4.69) is 11.4 Å². The number of thioether (sulfide) groups is 1. The van der Waals surface area contributed by atoms with E-state index in [-0.39, 0.29) is 16.9 Å². The fraction of sp³-hybridized carbons (Fsp3) is 0.208. The van der Waals surface area contributed by atoms with Gasteiger partial charge in [0, 0.05) is 29.1 Å². The summed E-state index contributed by atoms with van der Waals surface area (Å²) in [7, 11) is 0. The van der Waals surface area contributed by atoms with Gasteiger partial charge in [-0.15, -0.1) is 11.8 Å². The van der Waals surface area contributed by atoms with Crippen molar-refractivity contribution in [3.63, 3.8) is 0 Å². The van der Waals surface area contributed by atoms with Crippen molar-refractivity contribution in [2.24, 2.45) is 0 Å². The minimum absolute atomic E-state index is 0.0801. The summed E-state index contributed by atoms with van der Waals surface area (Å²) in [6.45, 7) is 4.51. The van der Waals surface area contributed by atoms with E-state index >= 15 is 0 Å². The van der Waals surface area contributed by atoms with Crippen molar-refractivity contribution < 1.29 is 9.90 Å². The van der Waals surface area contributed by atoms with E-state index < -0.39 is 0 Å². The monoisotopic (exact) mass is 406 g/mol. The Hall–Kier alpha value is -2.92. The topological polar surface area (TPSA) is 75.4 Å². The Kier molecular flexibility index (Phi) is 6.83. The normalized spacial score (nSPS) is 11.8. The molecule has 1 amide bonds. The number of phenols is 1. The molecule has 150 valence electrons. The highest BCUT2D eigenvalue weighted by Gasteiger charge is 2.20. The molecule has 0 radical (unpaired) electrons. The molecule has 0 aromatic heterocycles. The Bertz CT molecular complexity index is 1000. The molecule has 3 rings (SSSR count). The maximum atomic E-state index is 12.4. The number of amides is 1. The highest BCUT2D eigenvalue weighted by molar-refractivity contribution is 7.99. The number of anilines is 1. The van der Waals surface area contributed by atoms with Gasteiger partial charge in [-0.3, -0.25) is 4.79 Å². The highest BCUT2D eigenvalue weighted by atomic mass is 32.2. The number of benzene rings is 3. The Morgan fingerprint density at radius 1 is 1.00 bits per heavy atom. The molecule has 0 aliphatic carbocycles. The van der Waals surface area contributed by atoms with Gasteiger partial charge in [0.1, 0.15) is 5.75 Å². The molecule has 4 N–H and O–H groups in total. The van der Waals surface area contributed by atoms with Crippen LogP contribution >= 0.6 is 11.8 Å². The summed E-state index contributed by atoms with van der Waals surface area (Å²) in [5.74, 6) is 0.849. The van der Waals surface area contributed by atoms with Gasteiger partial charge in [0.05, 0.1) is 5.25 Å². The third kappa shape index (κ3) is 5.33. The second-order valence-electron chi connectivity index (χ2n) is 7.07. The molecule has 0 saturated carbocycles. The maximum Gasteiger partial charge on any atom is 0.251 e. The molecule has 0 bridgehead atoms. The number of phenolic OH excluding ortho intramolecular Hbond substituents is 1. The summed E-state index contributed by atoms with van der Waals surface area (Å²) in [5, 5.41) is 13.3. The largest absolute Gasteiger partial charge is 0.508 e. The van der Waals surface area contributed by atoms with Gasteiger partial charge in [0.2, 0.25) is 0 Å². The number of nitrogens with two attached hydrogens (primary N) is 1. The standard InChI is InChI=1S/C24H26N2O2S/c1-16-6-5-7-18(14-16)24(28)26-12-13-29-23(19-8-3-4-9-22(19)27)20-15-17(2)10-11-21(20)25/h3-11,14-15,23,27H,12-13,25H2,1-2H3,(H,26,28). The zero-order chi connectivity index (χ0) is 20.8. The molecule has 0 heterocycles. The lowest BCUT2D eigenvalue weighted by molar-refractivity contribution is 0.0956. The minimum atomic E-state index is -0.119. The van der Waals surface area contributed by atoms with E-state index in [1.54, 1.807) is 17.8 Å². The Morgan fingerprint density at radius 3 is 2.52 bits per heavy atom. The van der Waals surface area contributed by atoms with E-state index in [0.29, 0.717) is 23.5 Å². The molecule has 5 heteroatoms. The summed E-state index contributed by atoms with van der Waals surface area (Å²) in [6, 6.07) is 20.8. The predicted octanol–water partition coefficient (Wildman–Crippen LogP) is 4.84. The van der Waals surface area contributed by atoms with Crippen LogP contribution in [0, 0.1) is 13.8 Å². The van der Waals surface area contributed by atoms with Gasteiger partial charge >= 0.3 is 0 Å². The Morgan fingerprint density at radius 2 is 1.76 bits per heavy atom. The lowest BCUT2D eigenvalue weighted by Gasteiger charge is -2.21. The van der Waals surface area contributed by atoms with Crippen LogP contribution in [-0.4, -0.2) is 23.3 Å². The molecule has 0 spiro atoms. The first-order valence-electron chi connectivity index (χ1n) is 9.56. The molecule has 3 aromatic rings. The molecule has 4 nitrogen and oxygen atoms in total. The summed E-state index contributed by atoms with van der Waals surface area (Å²) in [4.78, 5) is 12.4. The number of hydrogen-bond donors (Lipinski definition) is 3. The van der Waals surface area contributed by atoms with Crippen molar-refractivity contribution in [3.05, 3.63) is 94.5 Å². The number of nitrogen functional groups attached to an aromatic ring is 1. The van der Waals surface area contributed by atoms with Gasteiger partial charge in [0.25, 0.3) is 5.91 Å². The van der Waals surface area contributed by atoms with Gasteiger partial charge in [-0.1, -0.05) is 53.6 Å². The molecule has 1 unspecified atom stereocenters. The molecule has 1 atom stereocenters. The van der Waals surface area contributed by atoms with Gasteiger partial charge < -0.3 is 16.2 Å². The quantitative estimate of drug-likeness (QED) is 0.387. The molecular formula is C24H26N2O2S. The van der Waals surface area contributed by atoms with Crippen LogP contribution in [-0.2, 0) is 0 Å². The summed E-state index contributed by atoms with van der Waals surface area (Å²) < 4.78 is 0. The molecule has 29 heavy (non-hydrogen) atoms. The van der Waals surface area contributed by atoms with E-state index in [1.165, 1.54) is 0 Å². The average Bonchev–Trinajstić information content (AvgIpc) is 2.71. The van der Waals surface area contributed by atoms with Gasteiger partial charge in [-0.2, -0.15) is 0 Å². The van der Waals surface area contributed by atoms with Gasteiger partial charge in [-0.25, -0.2) is 0 Å². The number of aryl methyl sites for hydroxylation is 2. The molecule has 0 aliphatic rings. The lowest BCUT2D eigenvalue weighted by atomic mass is 10.00. The minimum Gasteiger partial charge on any atom is -0.508 e. The van der Waals surface area contributed by atoms with Gasteiger partial charge in [0.15, 0.2) is 0 Å². The first-order chi connectivity index (χ1) is 14.0. The molecule has 3 aromatic carbocycles. The number of rotatable bonds is 7. The van der Waals surface area contributed by atoms with E-state index in [1.807, 2.05) is 68.4 Å². The number of aromatic hydroxyl groups is 1. The third-order valence-electron chi connectivity index (χ3n) is 4.70. The lowest BCUT2D eigenvalue weighted by Crippen LogP contribution is -2.26. The number of carbonyl (C=O) groups excluding carboxylic acids is 1. The van der Waals surface area contributed by atoms with Crippen LogP contribution in [0.5, 0.6) is 5.75 Å². The summed E-state index contributed by atoms with van der Waals surface area (Å²) in [5.41, 5.74) is 11.6. The van der Waals surface area contributed by atoms with Crippen LogP contribution in [0.4, 0.5) is 5.69 Å². The van der Waals surface area contributed by atoms with Gasteiger partial charge in [-0.05, 0) is 43.7 Å². The van der Waals surface area contributed by atoms with E-state index in [4.69, 9.17) is 5.73 Å². The second kappa shape index (κ2) is 9.52. The number of nitrogens with one attached hydrogen (secondary N) is 1. The van der Waals surface area contributed by atoms with Crippen LogP contribution in [0.1, 0.15) is 37.9 Å². The molecule has 0 fully saturated rings. The Balaban J connectivity index is 1.72. The summed E-state index contributed by atoms with van der Waals surface area (Å²) in [6.07, 6.45) is 0. The SMILES string of the molecule is Cc1cccc(C(=O)NCCSC(c2cc(C)ccc2N)c2ccccc2O)c1. The first kappa shape index (κ1) is 20.8. The van der Waals surface area contributed by atoms with E-state index in [9.17, 15) is 9.90 Å². The van der Waals surface area contributed by atoms with Crippen LogP contribution in [0.2, 0.25) is 0 Å². The van der Waals surface area contributed by atoms with Crippen LogP contribution in [0.15, 0.2) is 66.7 Å². The summed E-state index contributed by atoms with van der Waals surface area (Å²) >= 11 is 1.65. The zero-order valence-electron chi connectivity index (χ0n) is 16.7. The predicted molar refractivity (Wildman–Crippen MR) is 122 cm³/mol. The fourth-order valence-electron chi connectivity index (χ4n) is 3.21. The Labute approximate surface area is 176 Å². The molecule has 0 saturated heterocycles. The van der Waals surface area contributed by atoms with Crippen LogP contribution in [0.3, 0.4) is 0 Å². The van der Waals surface area contributed by atoms with Crippen molar-refractivity contribution in [2.75, 3.05) is 18.0 Å². The van der Waals surface area contributed by atoms with Crippen molar-refractivity contribution in [2.45, 2.75) is 19.1 Å². The highest BCUT2D eigenvalue weighted by Crippen LogP contribution is 2.42. The van der Waals surface area contributed by atoms with Crippen molar-refractivity contribution in [1.82, 2.24) is 5.32 Å². The number of hydrogen-bond acceptors (Lipinski definition) is 4. The van der Waals surface area contributed by atoms with Crippen molar-refractivity contribution >= 4 is 23.4 Å². The molecule has 0 aliphatic heterocycles.